The summed E-state index contributed by atoms with van der Waals surface area (Å²) in [4.78, 5) is 0. The molecule has 1 aromatic rings. The van der Waals surface area contributed by atoms with Gasteiger partial charge in [-0.05, 0) is 18.9 Å². The van der Waals surface area contributed by atoms with Crippen molar-refractivity contribution in [2.75, 3.05) is 5.73 Å². The molecule has 4 N–H and O–H groups in total. The van der Waals surface area contributed by atoms with Gasteiger partial charge in [0.25, 0.3) is 0 Å². The monoisotopic (exact) mass is 180 g/mol. The van der Waals surface area contributed by atoms with Crippen molar-refractivity contribution in [1.82, 2.24) is 10.2 Å². The van der Waals surface area contributed by atoms with Crippen LogP contribution in [0.4, 0.5) is 5.82 Å². The Balaban J connectivity index is 1.91. The molecule has 2 rings (SSSR count). The summed E-state index contributed by atoms with van der Waals surface area (Å²) in [6.07, 6.45) is 1.99. The maximum absolute atomic E-state index is 5.61. The summed E-state index contributed by atoms with van der Waals surface area (Å²) >= 11 is 0. The number of hydrogen-bond acceptors (Lipinski definition) is 5. The number of aromatic nitrogens is 2. The predicted molar refractivity (Wildman–Crippen MR) is 48.1 cm³/mol. The Morgan fingerprint density at radius 3 is 2.62 bits per heavy atom. The average molecular weight is 180 g/mol. The smallest absolute Gasteiger partial charge is 0.233 e. The standard InChI is InChI=1S/C8H12N4O/c9-5-3-6(4-5)13-8-2-1-7(10)11-12-8/h1-2,5-6H,3-4,9H2,(H2,10,11). The highest BCUT2D eigenvalue weighted by molar-refractivity contribution is 5.27. The Kier molecular flexibility index (Phi) is 2.02. The summed E-state index contributed by atoms with van der Waals surface area (Å²) < 4.78 is 5.47. The van der Waals surface area contributed by atoms with Crippen molar-refractivity contribution in [3.63, 3.8) is 0 Å². The van der Waals surface area contributed by atoms with E-state index in [-0.39, 0.29) is 12.1 Å². The van der Waals surface area contributed by atoms with Crippen LogP contribution in [0.1, 0.15) is 12.8 Å². The molecule has 1 fully saturated rings. The lowest BCUT2D eigenvalue weighted by molar-refractivity contribution is 0.0947. The molecule has 1 aliphatic carbocycles. The molecule has 0 amide bonds. The van der Waals surface area contributed by atoms with Gasteiger partial charge in [-0.15, -0.1) is 10.2 Å². The van der Waals surface area contributed by atoms with Gasteiger partial charge in [-0.1, -0.05) is 0 Å². The van der Waals surface area contributed by atoms with Crippen LogP contribution in [0.2, 0.25) is 0 Å². The van der Waals surface area contributed by atoms with Gasteiger partial charge in [0, 0.05) is 12.1 Å². The summed E-state index contributed by atoms with van der Waals surface area (Å²) in [6.45, 7) is 0. The Hall–Kier alpha value is -1.36. The Labute approximate surface area is 76.1 Å². The Bertz CT molecular complexity index is 281. The summed E-state index contributed by atoms with van der Waals surface area (Å²) in [5, 5.41) is 7.47. The molecule has 1 aliphatic rings. The second kappa shape index (κ2) is 3.18. The maximum atomic E-state index is 5.61. The van der Waals surface area contributed by atoms with Crippen LogP contribution >= 0.6 is 0 Å². The normalized spacial score (nSPS) is 26.5. The van der Waals surface area contributed by atoms with Gasteiger partial charge in [0.2, 0.25) is 5.88 Å². The van der Waals surface area contributed by atoms with Crippen molar-refractivity contribution >= 4 is 5.82 Å². The van der Waals surface area contributed by atoms with E-state index >= 15 is 0 Å². The summed E-state index contributed by atoms with van der Waals surface area (Å²) in [7, 11) is 0. The first-order chi connectivity index (χ1) is 6.24. The van der Waals surface area contributed by atoms with Gasteiger partial charge in [-0.3, -0.25) is 0 Å². The molecule has 5 heteroatoms. The highest BCUT2D eigenvalue weighted by Gasteiger charge is 2.27. The van der Waals surface area contributed by atoms with Crippen LogP contribution < -0.4 is 16.2 Å². The number of anilines is 1. The largest absolute Gasteiger partial charge is 0.473 e. The van der Waals surface area contributed by atoms with E-state index in [4.69, 9.17) is 16.2 Å². The first-order valence-electron chi connectivity index (χ1n) is 4.25. The molecule has 13 heavy (non-hydrogen) atoms. The zero-order chi connectivity index (χ0) is 9.26. The van der Waals surface area contributed by atoms with E-state index in [9.17, 15) is 0 Å². The van der Waals surface area contributed by atoms with Gasteiger partial charge in [-0.2, -0.15) is 0 Å². The number of nitrogens with two attached hydrogens (primary N) is 2. The first kappa shape index (κ1) is 8.25. The fourth-order valence-electron chi connectivity index (χ4n) is 1.27. The van der Waals surface area contributed by atoms with Crippen molar-refractivity contribution in [2.24, 2.45) is 5.73 Å². The lowest BCUT2D eigenvalue weighted by Gasteiger charge is -2.31. The third-order valence-electron chi connectivity index (χ3n) is 2.08. The van der Waals surface area contributed by atoms with E-state index in [0.717, 1.165) is 12.8 Å². The van der Waals surface area contributed by atoms with Crippen molar-refractivity contribution in [3.8, 4) is 5.88 Å². The fourth-order valence-corrected chi connectivity index (χ4v) is 1.27. The lowest BCUT2D eigenvalue weighted by Crippen LogP contribution is -2.43. The van der Waals surface area contributed by atoms with Gasteiger partial charge in [0.15, 0.2) is 0 Å². The van der Waals surface area contributed by atoms with Crippen molar-refractivity contribution in [3.05, 3.63) is 12.1 Å². The topological polar surface area (TPSA) is 87.0 Å². The van der Waals surface area contributed by atoms with Crippen LogP contribution in [0.25, 0.3) is 0 Å². The Morgan fingerprint density at radius 1 is 1.31 bits per heavy atom. The minimum absolute atomic E-state index is 0.202. The molecule has 0 radical (unpaired) electrons. The number of rotatable bonds is 2. The zero-order valence-electron chi connectivity index (χ0n) is 7.18. The summed E-state index contributed by atoms with van der Waals surface area (Å²) in [5.41, 5.74) is 11.0. The predicted octanol–water partition coefficient (Wildman–Crippen LogP) is -0.0727. The lowest BCUT2D eigenvalue weighted by atomic mass is 9.90. The van der Waals surface area contributed by atoms with Crippen LogP contribution in [0.5, 0.6) is 5.88 Å². The molecular weight excluding hydrogens is 168 g/mol. The van der Waals surface area contributed by atoms with Crippen molar-refractivity contribution in [2.45, 2.75) is 25.0 Å². The third-order valence-corrected chi connectivity index (χ3v) is 2.08. The van der Waals surface area contributed by atoms with Crippen LogP contribution in [-0.2, 0) is 0 Å². The van der Waals surface area contributed by atoms with Crippen molar-refractivity contribution in [1.29, 1.82) is 0 Å². The average Bonchev–Trinajstić information content (AvgIpc) is 2.06. The molecule has 70 valence electrons. The van der Waals surface area contributed by atoms with E-state index in [1.807, 2.05) is 0 Å². The fraction of sp³-hybridized carbons (Fsp3) is 0.500. The van der Waals surface area contributed by atoms with E-state index < -0.39 is 0 Å². The molecule has 5 nitrogen and oxygen atoms in total. The van der Waals surface area contributed by atoms with Gasteiger partial charge in [0.1, 0.15) is 11.9 Å². The molecule has 0 aromatic carbocycles. The Morgan fingerprint density at radius 2 is 2.08 bits per heavy atom. The molecule has 0 unspecified atom stereocenters. The molecule has 0 spiro atoms. The number of hydrogen-bond donors (Lipinski definition) is 2. The summed E-state index contributed by atoms with van der Waals surface area (Å²) in [6, 6.07) is 3.67. The minimum atomic E-state index is 0.202. The second-order valence-electron chi connectivity index (χ2n) is 3.27. The van der Waals surface area contributed by atoms with Crippen LogP contribution in [0.15, 0.2) is 12.1 Å². The molecule has 1 aromatic heterocycles. The molecule has 1 heterocycles. The van der Waals surface area contributed by atoms with Gasteiger partial charge < -0.3 is 16.2 Å². The van der Waals surface area contributed by atoms with Crippen LogP contribution in [0.3, 0.4) is 0 Å². The van der Waals surface area contributed by atoms with Crippen molar-refractivity contribution < 1.29 is 4.74 Å². The van der Waals surface area contributed by atoms with Crippen LogP contribution in [-0.4, -0.2) is 22.3 Å². The molecule has 0 atom stereocenters. The SMILES string of the molecule is Nc1ccc(OC2CC(N)C2)nn1. The van der Waals surface area contributed by atoms with Gasteiger partial charge >= 0.3 is 0 Å². The molecule has 0 bridgehead atoms. The highest BCUT2D eigenvalue weighted by atomic mass is 16.5. The third kappa shape index (κ3) is 1.86. The molecular formula is C8H12N4O. The van der Waals surface area contributed by atoms with E-state index in [0.29, 0.717) is 11.7 Å². The first-order valence-corrected chi connectivity index (χ1v) is 4.25. The molecule has 0 saturated heterocycles. The van der Waals surface area contributed by atoms with Gasteiger partial charge in [0.05, 0.1) is 0 Å². The van der Waals surface area contributed by atoms with E-state index in [1.54, 1.807) is 12.1 Å². The maximum Gasteiger partial charge on any atom is 0.233 e. The second-order valence-corrected chi connectivity index (χ2v) is 3.27. The number of nitrogen functional groups attached to an aromatic ring is 1. The van der Waals surface area contributed by atoms with Gasteiger partial charge in [-0.25, -0.2) is 0 Å². The number of ether oxygens (including phenoxy) is 1. The van der Waals surface area contributed by atoms with E-state index in [2.05, 4.69) is 10.2 Å². The van der Waals surface area contributed by atoms with E-state index in [1.165, 1.54) is 0 Å². The van der Waals surface area contributed by atoms with Crippen LogP contribution in [0, 0.1) is 0 Å². The quantitative estimate of drug-likeness (QED) is 0.665. The highest BCUT2D eigenvalue weighted by Crippen LogP contribution is 2.22. The zero-order valence-corrected chi connectivity index (χ0v) is 7.18. The molecule has 1 saturated carbocycles. The minimum Gasteiger partial charge on any atom is -0.473 e. The molecule has 0 aliphatic heterocycles. The number of nitrogens with zero attached hydrogens (tertiary/aromatic N) is 2. The summed E-state index contributed by atoms with van der Waals surface area (Å²) in [5.74, 6) is 0.920.